The predicted octanol–water partition coefficient (Wildman–Crippen LogP) is 4.31. The molecule has 0 bridgehead atoms. The van der Waals surface area contributed by atoms with Gasteiger partial charge in [-0.25, -0.2) is 14.6 Å². The smallest absolute Gasteiger partial charge is 0.168 e. The molecule has 5 heteroatoms. The molecular formula is C21H19N5. The summed E-state index contributed by atoms with van der Waals surface area (Å²) in [5.74, 6) is 0.846. The van der Waals surface area contributed by atoms with Gasteiger partial charge in [0.05, 0.1) is 23.3 Å². The SMILES string of the molecule is c1ccc(-n2ncc3c(N[C@@H]4CCCc5ccccc54)ncnc32)cc1. The lowest BCUT2D eigenvalue weighted by Crippen LogP contribution is -2.18. The number of aromatic nitrogens is 4. The highest BCUT2D eigenvalue weighted by Crippen LogP contribution is 2.33. The Morgan fingerprint density at radius 3 is 2.73 bits per heavy atom. The van der Waals surface area contributed by atoms with Crippen LogP contribution in [0.3, 0.4) is 0 Å². The van der Waals surface area contributed by atoms with Crippen molar-refractivity contribution in [1.82, 2.24) is 19.7 Å². The van der Waals surface area contributed by atoms with E-state index in [2.05, 4.69) is 44.6 Å². The van der Waals surface area contributed by atoms with E-state index in [0.717, 1.165) is 35.4 Å². The third-order valence-electron chi connectivity index (χ3n) is 5.05. The Bertz CT molecular complexity index is 1050. The van der Waals surface area contributed by atoms with Crippen LogP contribution in [0.1, 0.15) is 30.0 Å². The van der Waals surface area contributed by atoms with E-state index in [1.54, 1.807) is 6.33 Å². The molecule has 0 saturated carbocycles. The summed E-state index contributed by atoms with van der Waals surface area (Å²) in [6.07, 6.45) is 6.90. The number of rotatable bonds is 3. The van der Waals surface area contributed by atoms with Gasteiger partial charge in [-0.1, -0.05) is 42.5 Å². The molecule has 1 aliphatic rings. The standard InChI is InChI=1S/C21H19N5/c1-2-9-16(10-3-1)26-21-18(13-24-26)20(22-14-23-21)25-19-12-6-8-15-7-4-5-11-17(15)19/h1-5,7,9-11,13-14,19H,6,8,12H2,(H,22,23,25)/t19-/m1/s1. The molecule has 5 rings (SSSR count). The van der Waals surface area contributed by atoms with E-state index in [1.807, 2.05) is 41.2 Å². The highest BCUT2D eigenvalue weighted by Gasteiger charge is 2.21. The van der Waals surface area contributed by atoms with Gasteiger partial charge in [0.25, 0.3) is 0 Å². The summed E-state index contributed by atoms with van der Waals surface area (Å²) in [5.41, 5.74) is 4.62. The fourth-order valence-electron chi connectivity index (χ4n) is 3.79. The first-order chi connectivity index (χ1) is 12.9. The topological polar surface area (TPSA) is 55.6 Å². The minimum Gasteiger partial charge on any atom is -0.363 e. The van der Waals surface area contributed by atoms with Gasteiger partial charge in [0.15, 0.2) is 5.65 Å². The van der Waals surface area contributed by atoms with Crippen molar-refractivity contribution in [2.24, 2.45) is 0 Å². The normalized spacial score (nSPS) is 16.4. The molecule has 1 atom stereocenters. The summed E-state index contributed by atoms with van der Waals surface area (Å²) >= 11 is 0. The molecule has 0 unspecified atom stereocenters. The second-order valence-corrected chi connectivity index (χ2v) is 6.64. The second kappa shape index (κ2) is 6.26. The van der Waals surface area contributed by atoms with E-state index in [4.69, 9.17) is 0 Å². The second-order valence-electron chi connectivity index (χ2n) is 6.64. The van der Waals surface area contributed by atoms with Crippen LogP contribution < -0.4 is 5.32 Å². The van der Waals surface area contributed by atoms with Crippen LogP contribution in [0.25, 0.3) is 16.7 Å². The first-order valence-corrected chi connectivity index (χ1v) is 8.98. The molecule has 26 heavy (non-hydrogen) atoms. The van der Waals surface area contributed by atoms with Crippen LogP contribution in [0.5, 0.6) is 0 Å². The van der Waals surface area contributed by atoms with Crippen molar-refractivity contribution < 1.29 is 0 Å². The van der Waals surface area contributed by atoms with Crippen LogP contribution in [0.4, 0.5) is 5.82 Å². The van der Waals surface area contributed by atoms with Gasteiger partial charge >= 0.3 is 0 Å². The molecule has 2 aromatic carbocycles. The van der Waals surface area contributed by atoms with Crippen LogP contribution in [-0.4, -0.2) is 19.7 Å². The number of benzene rings is 2. The number of hydrogen-bond acceptors (Lipinski definition) is 4. The average molecular weight is 341 g/mol. The van der Waals surface area contributed by atoms with Crippen LogP contribution in [-0.2, 0) is 6.42 Å². The number of fused-ring (bicyclic) bond motifs is 2. The maximum atomic E-state index is 4.54. The Morgan fingerprint density at radius 2 is 1.81 bits per heavy atom. The number of aryl methyl sites for hydroxylation is 1. The largest absolute Gasteiger partial charge is 0.363 e. The Morgan fingerprint density at radius 1 is 0.962 bits per heavy atom. The molecule has 1 N–H and O–H groups in total. The van der Waals surface area contributed by atoms with Gasteiger partial charge < -0.3 is 5.32 Å². The molecule has 0 spiro atoms. The lowest BCUT2D eigenvalue weighted by atomic mass is 9.88. The maximum Gasteiger partial charge on any atom is 0.168 e. The molecule has 2 heterocycles. The molecule has 5 nitrogen and oxygen atoms in total. The van der Waals surface area contributed by atoms with Crippen molar-refractivity contribution in [3.63, 3.8) is 0 Å². The van der Waals surface area contributed by atoms with Crippen molar-refractivity contribution in [2.45, 2.75) is 25.3 Å². The van der Waals surface area contributed by atoms with Crippen molar-refractivity contribution in [3.05, 3.63) is 78.2 Å². The summed E-state index contributed by atoms with van der Waals surface area (Å²) in [6, 6.07) is 19.0. The van der Waals surface area contributed by atoms with E-state index in [9.17, 15) is 0 Å². The molecular weight excluding hydrogens is 322 g/mol. The molecule has 0 aliphatic heterocycles. The number of nitrogens with zero attached hydrogens (tertiary/aromatic N) is 4. The van der Waals surface area contributed by atoms with E-state index in [1.165, 1.54) is 17.5 Å². The van der Waals surface area contributed by atoms with Crippen LogP contribution >= 0.6 is 0 Å². The van der Waals surface area contributed by atoms with E-state index in [-0.39, 0.29) is 6.04 Å². The van der Waals surface area contributed by atoms with Crippen LogP contribution in [0, 0.1) is 0 Å². The highest BCUT2D eigenvalue weighted by molar-refractivity contribution is 5.87. The molecule has 1 aliphatic carbocycles. The van der Waals surface area contributed by atoms with Crippen molar-refractivity contribution >= 4 is 16.9 Å². The number of nitrogens with one attached hydrogen (secondary N) is 1. The third kappa shape index (κ3) is 2.52. The fraction of sp³-hybridized carbons (Fsp3) is 0.190. The molecule has 0 fully saturated rings. The van der Waals surface area contributed by atoms with E-state index < -0.39 is 0 Å². The van der Waals surface area contributed by atoms with Crippen molar-refractivity contribution in [3.8, 4) is 5.69 Å². The third-order valence-corrected chi connectivity index (χ3v) is 5.05. The molecule has 2 aromatic heterocycles. The van der Waals surface area contributed by atoms with Crippen LogP contribution in [0.2, 0.25) is 0 Å². The van der Waals surface area contributed by atoms with Crippen molar-refractivity contribution in [1.29, 1.82) is 0 Å². The zero-order chi connectivity index (χ0) is 17.3. The molecule has 128 valence electrons. The first kappa shape index (κ1) is 15.1. The Balaban J connectivity index is 1.54. The van der Waals surface area contributed by atoms with Gasteiger partial charge in [0, 0.05) is 0 Å². The quantitative estimate of drug-likeness (QED) is 0.603. The number of para-hydroxylation sites is 1. The van der Waals surface area contributed by atoms with Gasteiger partial charge in [0.2, 0.25) is 0 Å². The summed E-state index contributed by atoms with van der Waals surface area (Å²) in [5, 5.41) is 9.12. The van der Waals surface area contributed by atoms with Crippen molar-refractivity contribution in [2.75, 3.05) is 5.32 Å². The molecule has 0 radical (unpaired) electrons. The molecule has 0 saturated heterocycles. The Hall–Kier alpha value is -3.21. The van der Waals surface area contributed by atoms with Gasteiger partial charge in [0.1, 0.15) is 12.1 Å². The monoisotopic (exact) mass is 341 g/mol. The van der Waals surface area contributed by atoms with Gasteiger partial charge in [-0.15, -0.1) is 0 Å². The maximum absolute atomic E-state index is 4.54. The zero-order valence-electron chi connectivity index (χ0n) is 14.3. The Labute approximate surface area is 151 Å². The first-order valence-electron chi connectivity index (χ1n) is 8.98. The lowest BCUT2D eigenvalue weighted by Gasteiger charge is -2.26. The Kier molecular flexibility index (Phi) is 3.63. The summed E-state index contributed by atoms with van der Waals surface area (Å²) < 4.78 is 1.86. The van der Waals surface area contributed by atoms with E-state index in [0.29, 0.717) is 0 Å². The predicted molar refractivity (Wildman–Crippen MR) is 102 cm³/mol. The zero-order valence-corrected chi connectivity index (χ0v) is 14.3. The molecule has 4 aromatic rings. The molecule has 0 amide bonds. The average Bonchev–Trinajstić information content (AvgIpc) is 3.14. The number of anilines is 1. The fourth-order valence-corrected chi connectivity index (χ4v) is 3.79. The van der Waals surface area contributed by atoms with Crippen LogP contribution in [0.15, 0.2) is 67.1 Å². The summed E-state index contributed by atoms with van der Waals surface area (Å²) in [4.78, 5) is 8.97. The van der Waals surface area contributed by atoms with Gasteiger partial charge in [-0.2, -0.15) is 5.10 Å². The van der Waals surface area contributed by atoms with E-state index >= 15 is 0 Å². The van der Waals surface area contributed by atoms with Gasteiger partial charge in [-0.3, -0.25) is 0 Å². The highest BCUT2D eigenvalue weighted by atomic mass is 15.3. The minimum absolute atomic E-state index is 0.276. The minimum atomic E-state index is 0.276. The number of hydrogen-bond donors (Lipinski definition) is 1. The summed E-state index contributed by atoms with van der Waals surface area (Å²) in [7, 11) is 0. The lowest BCUT2D eigenvalue weighted by molar-refractivity contribution is 0.599. The van der Waals surface area contributed by atoms with Gasteiger partial charge in [-0.05, 0) is 42.5 Å². The summed E-state index contributed by atoms with van der Waals surface area (Å²) in [6.45, 7) is 0.